The standard InChI is InChI=1S/C42H44N2O6S2/c1-49-41(47)23-33(43-17-15-39(45)29-11-13-37-31(21-29)19-27-7-3-5-9-35(27)37)25-51-52-26-34(24-42(48)50-2)44-18-16-40(46)30-12-14-38-32(22-30)20-28-8-4-6-10-36(28)38/h3-14,21-22,33-34,43-44H,15-20,23-26H2,1-2H3. The number of ketones is 2. The Hall–Kier alpha value is -4.22. The molecule has 0 saturated carbocycles. The Bertz CT molecular complexity index is 1810. The third-order valence-electron chi connectivity index (χ3n) is 9.70. The van der Waals surface area contributed by atoms with E-state index in [9.17, 15) is 19.2 Å². The summed E-state index contributed by atoms with van der Waals surface area (Å²) in [5.74, 6) is 0.655. The molecule has 0 bridgehead atoms. The summed E-state index contributed by atoms with van der Waals surface area (Å²) in [5.41, 5.74) is 11.2. The predicted molar refractivity (Wildman–Crippen MR) is 209 cm³/mol. The predicted octanol–water partition coefficient (Wildman–Crippen LogP) is 7.10. The molecule has 0 aromatic heterocycles. The van der Waals surface area contributed by atoms with Gasteiger partial charge in [-0.15, -0.1) is 0 Å². The summed E-state index contributed by atoms with van der Waals surface area (Å²) < 4.78 is 9.86. The van der Waals surface area contributed by atoms with Crippen molar-refractivity contribution >= 4 is 45.1 Å². The number of hydrogen-bond acceptors (Lipinski definition) is 10. The number of fused-ring (bicyclic) bond motifs is 6. The summed E-state index contributed by atoms with van der Waals surface area (Å²) in [6.07, 6.45) is 2.64. The fourth-order valence-corrected chi connectivity index (χ4v) is 9.47. The molecule has 10 heteroatoms. The van der Waals surface area contributed by atoms with E-state index in [2.05, 4.69) is 34.9 Å². The van der Waals surface area contributed by atoms with Crippen LogP contribution in [0.15, 0.2) is 84.9 Å². The molecule has 4 aromatic carbocycles. The molecule has 0 aliphatic heterocycles. The van der Waals surface area contributed by atoms with Crippen molar-refractivity contribution in [3.05, 3.63) is 118 Å². The van der Waals surface area contributed by atoms with E-state index in [1.54, 1.807) is 21.6 Å². The summed E-state index contributed by atoms with van der Waals surface area (Å²) in [5, 5.41) is 6.76. The minimum absolute atomic E-state index is 0.0575. The summed E-state index contributed by atoms with van der Waals surface area (Å²) in [7, 11) is 5.91. The van der Waals surface area contributed by atoms with Gasteiger partial charge < -0.3 is 20.1 Å². The van der Waals surface area contributed by atoms with Gasteiger partial charge >= 0.3 is 11.9 Å². The lowest BCUT2D eigenvalue weighted by atomic mass is 10.0. The van der Waals surface area contributed by atoms with Crippen LogP contribution in [0.4, 0.5) is 0 Å². The van der Waals surface area contributed by atoms with Gasteiger partial charge in [-0.25, -0.2) is 0 Å². The smallest absolute Gasteiger partial charge is 0.307 e. The van der Waals surface area contributed by atoms with Crippen molar-refractivity contribution in [3.63, 3.8) is 0 Å². The highest BCUT2D eigenvalue weighted by molar-refractivity contribution is 8.76. The Morgan fingerprint density at radius 1 is 0.577 bits per heavy atom. The highest BCUT2D eigenvalue weighted by Crippen LogP contribution is 2.38. The third-order valence-corrected chi connectivity index (χ3v) is 12.3. The minimum atomic E-state index is -0.324. The van der Waals surface area contributed by atoms with Gasteiger partial charge in [0.05, 0.1) is 27.1 Å². The first-order valence-electron chi connectivity index (χ1n) is 17.7. The molecule has 2 N–H and O–H groups in total. The number of rotatable bonds is 19. The van der Waals surface area contributed by atoms with Gasteiger partial charge in [0, 0.05) is 60.6 Å². The number of nitrogens with one attached hydrogen (secondary N) is 2. The number of ether oxygens (including phenoxy) is 2. The maximum absolute atomic E-state index is 13.1. The lowest BCUT2D eigenvalue weighted by molar-refractivity contribution is -0.142. The molecule has 0 fully saturated rings. The highest BCUT2D eigenvalue weighted by atomic mass is 33.1. The van der Waals surface area contributed by atoms with Crippen LogP contribution in [0.5, 0.6) is 0 Å². The fourth-order valence-electron chi connectivity index (χ4n) is 6.92. The molecule has 52 heavy (non-hydrogen) atoms. The number of hydrogen-bond donors (Lipinski definition) is 2. The van der Waals surface area contributed by atoms with Crippen LogP contribution >= 0.6 is 21.6 Å². The normalized spacial score (nSPS) is 13.3. The molecule has 0 saturated heterocycles. The Morgan fingerprint density at radius 2 is 0.981 bits per heavy atom. The van der Waals surface area contributed by atoms with Crippen LogP contribution in [0.1, 0.15) is 68.7 Å². The van der Waals surface area contributed by atoms with Crippen LogP contribution in [0.25, 0.3) is 22.3 Å². The number of carbonyl (C=O) groups excluding carboxylic acids is 4. The molecule has 6 rings (SSSR count). The molecule has 0 spiro atoms. The van der Waals surface area contributed by atoms with Gasteiger partial charge in [0.25, 0.3) is 0 Å². The molecule has 2 unspecified atom stereocenters. The van der Waals surface area contributed by atoms with E-state index >= 15 is 0 Å². The first-order valence-corrected chi connectivity index (χ1v) is 20.1. The molecule has 2 aliphatic rings. The zero-order chi connectivity index (χ0) is 36.5. The number of Topliss-reactive ketones (excluding diaryl/α,β-unsaturated/α-hetero) is 2. The molecular formula is C42H44N2O6S2. The molecule has 0 radical (unpaired) electrons. The van der Waals surface area contributed by atoms with Crippen molar-refractivity contribution < 1.29 is 28.7 Å². The van der Waals surface area contributed by atoms with E-state index in [-0.39, 0.29) is 48.4 Å². The maximum Gasteiger partial charge on any atom is 0.307 e. The van der Waals surface area contributed by atoms with Crippen LogP contribution in [-0.4, -0.2) is 74.4 Å². The molecule has 8 nitrogen and oxygen atoms in total. The van der Waals surface area contributed by atoms with Crippen molar-refractivity contribution in [2.24, 2.45) is 0 Å². The summed E-state index contributed by atoms with van der Waals surface area (Å²) in [4.78, 5) is 50.6. The van der Waals surface area contributed by atoms with E-state index in [1.165, 1.54) is 58.7 Å². The molecule has 2 aliphatic carbocycles. The summed E-state index contributed by atoms with van der Waals surface area (Å²) in [6.45, 7) is 0.863. The van der Waals surface area contributed by atoms with Gasteiger partial charge in [0.2, 0.25) is 0 Å². The lowest BCUT2D eigenvalue weighted by Gasteiger charge is -2.19. The Balaban J connectivity index is 0.949. The molecule has 270 valence electrons. The summed E-state index contributed by atoms with van der Waals surface area (Å²) in [6, 6.07) is 28.2. The van der Waals surface area contributed by atoms with Gasteiger partial charge in [-0.05, 0) is 69.5 Å². The number of esters is 2. The van der Waals surface area contributed by atoms with Crippen molar-refractivity contribution in [1.29, 1.82) is 0 Å². The van der Waals surface area contributed by atoms with Crippen LogP contribution in [0, 0.1) is 0 Å². The van der Waals surface area contributed by atoms with E-state index in [0.717, 1.165) is 12.8 Å². The molecule has 4 aromatic rings. The van der Waals surface area contributed by atoms with E-state index in [0.29, 0.717) is 48.6 Å². The first kappa shape index (κ1) is 37.5. The number of carbonyl (C=O) groups is 4. The lowest BCUT2D eigenvalue weighted by Crippen LogP contribution is -2.36. The van der Waals surface area contributed by atoms with Crippen molar-refractivity contribution in [3.8, 4) is 22.3 Å². The van der Waals surface area contributed by atoms with Gasteiger partial charge in [-0.1, -0.05) is 94.4 Å². The largest absolute Gasteiger partial charge is 0.469 e. The average Bonchev–Trinajstić information content (AvgIpc) is 3.73. The SMILES string of the molecule is COC(=O)CC(CSSCC(CC(=O)OC)NCCC(=O)c1ccc2c(c1)Cc1ccccc1-2)NCCC(=O)c1ccc2c(c1)Cc1ccccc1-2. The van der Waals surface area contributed by atoms with E-state index in [4.69, 9.17) is 9.47 Å². The second kappa shape index (κ2) is 18.0. The van der Waals surface area contributed by atoms with Crippen molar-refractivity contribution in [1.82, 2.24) is 10.6 Å². The Labute approximate surface area is 313 Å². The summed E-state index contributed by atoms with van der Waals surface area (Å²) >= 11 is 0. The average molecular weight is 737 g/mol. The van der Waals surface area contributed by atoms with Crippen LogP contribution in [-0.2, 0) is 31.9 Å². The zero-order valence-electron chi connectivity index (χ0n) is 29.6. The second-order valence-electron chi connectivity index (χ2n) is 13.2. The minimum Gasteiger partial charge on any atom is -0.469 e. The molecule has 2 atom stereocenters. The topological polar surface area (TPSA) is 111 Å². The zero-order valence-corrected chi connectivity index (χ0v) is 31.2. The van der Waals surface area contributed by atoms with Crippen molar-refractivity contribution in [2.75, 3.05) is 38.8 Å². The number of methoxy groups -OCH3 is 2. The fraction of sp³-hybridized carbons (Fsp3) is 0.333. The van der Waals surface area contributed by atoms with Crippen LogP contribution in [0.2, 0.25) is 0 Å². The highest BCUT2D eigenvalue weighted by Gasteiger charge is 2.22. The van der Waals surface area contributed by atoms with Gasteiger partial charge in [0.15, 0.2) is 11.6 Å². The Morgan fingerprint density at radius 3 is 1.40 bits per heavy atom. The van der Waals surface area contributed by atoms with Crippen molar-refractivity contribution in [2.45, 2.75) is 50.6 Å². The van der Waals surface area contributed by atoms with Gasteiger partial charge in [0.1, 0.15) is 0 Å². The third kappa shape index (κ3) is 9.41. The Kier molecular flexibility index (Phi) is 13.0. The molecule has 0 heterocycles. The second-order valence-corrected chi connectivity index (χ2v) is 15.7. The molecule has 0 amide bonds. The molecular weight excluding hydrogens is 693 g/mol. The monoisotopic (exact) mass is 736 g/mol. The quantitative estimate of drug-likeness (QED) is 0.0387. The first-order chi connectivity index (χ1) is 25.3. The van der Waals surface area contributed by atoms with Crippen LogP contribution < -0.4 is 10.6 Å². The van der Waals surface area contributed by atoms with Crippen LogP contribution in [0.3, 0.4) is 0 Å². The van der Waals surface area contributed by atoms with E-state index in [1.807, 2.05) is 60.7 Å². The number of benzene rings is 4. The van der Waals surface area contributed by atoms with E-state index < -0.39 is 0 Å². The van der Waals surface area contributed by atoms with Gasteiger partial charge in [-0.2, -0.15) is 0 Å². The maximum atomic E-state index is 13.1. The van der Waals surface area contributed by atoms with Gasteiger partial charge in [-0.3, -0.25) is 19.2 Å².